The first-order chi connectivity index (χ1) is 10.6. The lowest BCUT2D eigenvalue weighted by Gasteiger charge is -2.17. The summed E-state index contributed by atoms with van der Waals surface area (Å²) in [6.07, 6.45) is 1.85. The maximum Gasteiger partial charge on any atom is 0.191 e. The van der Waals surface area contributed by atoms with Crippen LogP contribution in [0.25, 0.3) is 10.9 Å². The molecule has 0 spiro atoms. The Morgan fingerprint density at radius 3 is 2.55 bits per heavy atom. The lowest BCUT2D eigenvalue weighted by molar-refractivity contribution is 0.300. The van der Waals surface area contributed by atoms with Crippen LogP contribution in [0.15, 0.2) is 29.1 Å². The molecule has 118 valence electrons. The Balaban J connectivity index is 2.39. The SMILES string of the molecule is CCN(CC)CCCc1c(C)c(=O)c2ccccc2[nH]c1=S. The summed E-state index contributed by atoms with van der Waals surface area (Å²) in [5.41, 5.74) is 2.67. The van der Waals surface area contributed by atoms with E-state index in [4.69, 9.17) is 12.2 Å². The maximum atomic E-state index is 12.6. The number of aromatic amines is 1. The molecule has 1 N–H and O–H groups in total. The molecule has 0 aliphatic heterocycles. The van der Waals surface area contributed by atoms with Crippen LogP contribution in [0, 0.1) is 11.6 Å². The summed E-state index contributed by atoms with van der Waals surface area (Å²) in [6, 6.07) is 7.57. The standard InChI is InChI=1S/C18H24N2OS/c1-4-20(5-2)12-8-10-14-13(3)17(21)15-9-6-7-11-16(15)19-18(14)22/h6-7,9,11H,4-5,8,10,12H2,1-3H3,(H,19,22). The molecule has 1 aromatic heterocycles. The normalized spacial score (nSPS) is 11.3. The van der Waals surface area contributed by atoms with E-state index < -0.39 is 0 Å². The number of benzene rings is 1. The van der Waals surface area contributed by atoms with Gasteiger partial charge in [-0.05, 0) is 57.1 Å². The van der Waals surface area contributed by atoms with Crippen molar-refractivity contribution in [1.82, 2.24) is 9.88 Å². The topological polar surface area (TPSA) is 36.1 Å². The minimum Gasteiger partial charge on any atom is -0.346 e. The van der Waals surface area contributed by atoms with Gasteiger partial charge in [0.15, 0.2) is 5.43 Å². The van der Waals surface area contributed by atoms with Gasteiger partial charge in [-0.2, -0.15) is 0 Å². The fourth-order valence-corrected chi connectivity index (χ4v) is 3.18. The van der Waals surface area contributed by atoms with Gasteiger partial charge in [-0.25, -0.2) is 0 Å². The van der Waals surface area contributed by atoms with Gasteiger partial charge in [-0.3, -0.25) is 4.79 Å². The van der Waals surface area contributed by atoms with Crippen molar-refractivity contribution in [3.63, 3.8) is 0 Å². The van der Waals surface area contributed by atoms with Crippen LogP contribution in [0.4, 0.5) is 0 Å². The monoisotopic (exact) mass is 316 g/mol. The molecule has 2 rings (SSSR count). The molecule has 2 aromatic rings. The number of para-hydroxylation sites is 1. The highest BCUT2D eigenvalue weighted by Crippen LogP contribution is 2.13. The van der Waals surface area contributed by atoms with Crippen LogP contribution in [0.5, 0.6) is 0 Å². The molecule has 1 heterocycles. The highest BCUT2D eigenvalue weighted by atomic mass is 32.1. The van der Waals surface area contributed by atoms with E-state index in [0.717, 1.165) is 49.1 Å². The number of nitrogens with one attached hydrogen (secondary N) is 1. The Bertz CT molecular complexity index is 763. The summed E-state index contributed by atoms with van der Waals surface area (Å²) in [4.78, 5) is 18.3. The van der Waals surface area contributed by atoms with Crippen LogP contribution in [0.1, 0.15) is 31.4 Å². The molecule has 0 unspecified atom stereocenters. The Labute approximate surface area is 137 Å². The minimum atomic E-state index is 0.0841. The molecule has 0 atom stereocenters. The van der Waals surface area contributed by atoms with Gasteiger partial charge in [-0.15, -0.1) is 0 Å². The maximum absolute atomic E-state index is 12.6. The van der Waals surface area contributed by atoms with E-state index in [1.165, 1.54) is 0 Å². The van der Waals surface area contributed by atoms with Crippen molar-refractivity contribution in [2.45, 2.75) is 33.6 Å². The first-order valence-corrected chi connectivity index (χ1v) is 8.36. The Kier molecular flexibility index (Phi) is 5.86. The van der Waals surface area contributed by atoms with E-state index >= 15 is 0 Å². The number of H-pyrrole nitrogens is 1. The molecule has 0 aliphatic rings. The van der Waals surface area contributed by atoms with Crippen molar-refractivity contribution in [2.75, 3.05) is 19.6 Å². The summed E-state index contributed by atoms with van der Waals surface area (Å²) in [5.74, 6) is 0. The molecular weight excluding hydrogens is 292 g/mol. The first kappa shape index (κ1) is 16.8. The van der Waals surface area contributed by atoms with Gasteiger partial charge in [0.25, 0.3) is 0 Å². The molecule has 0 radical (unpaired) electrons. The summed E-state index contributed by atoms with van der Waals surface area (Å²) >= 11 is 5.52. The smallest absolute Gasteiger partial charge is 0.191 e. The fourth-order valence-electron chi connectivity index (χ4n) is 2.82. The van der Waals surface area contributed by atoms with Gasteiger partial charge in [0.1, 0.15) is 4.64 Å². The number of fused-ring (bicyclic) bond motifs is 1. The van der Waals surface area contributed by atoms with Crippen LogP contribution in [0.3, 0.4) is 0 Å². The largest absolute Gasteiger partial charge is 0.346 e. The lowest BCUT2D eigenvalue weighted by Crippen LogP contribution is -2.24. The number of nitrogens with zero attached hydrogens (tertiary/aromatic N) is 1. The highest BCUT2D eigenvalue weighted by Gasteiger charge is 2.08. The molecule has 22 heavy (non-hydrogen) atoms. The molecule has 0 bridgehead atoms. The van der Waals surface area contributed by atoms with Crippen molar-refractivity contribution in [3.8, 4) is 0 Å². The number of hydrogen-bond donors (Lipinski definition) is 1. The minimum absolute atomic E-state index is 0.0841. The summed E-state index contributed by atoms with van der Waals surface area (Å²) in [7, 11) is 0. The van der Waals surface area contributed by atoms with Crippen LogP contribution >= 0.6 is 12.2 Å². The number of hydrogen-bond acceptors (Lipinski definition) is 3. The highest BCUT2D eigenvalue weighted by molar-refractivity contribution is 7.71. The zero-order valence-electron chi connectivity index (χ0n) is 13.6. The van der Waals surface area contributed by atoms with Crippen molar-refractivity contribution >= 4 is 23.1 Å². The van der Waals surface area contributed by atoms with Crippen molar-refractivity contribution in [3.05, 3.63) is 50.3 Å². The van der Waals surface area contributed by atoms with Gasteiger partial charge >= 0.3 is 0 Å². The number of aromatic nitrogens is 1. The van der Waals surface area contributed by atoms with Gasteiger partial charge in [-0.1, -0.05) is 38.2 Å². The van der Waals surface area contributed by atoms with E-state index in [1.807, 2.05) is 31.2 Å². The van der Waals surface area contributed by atoms with E-state index in [1.54, 1.807) is 0 Å². The second-order valence-electron chi connectivity index (χ2n) is 5.56. The Hall–Kier alpha value is -1.52. The van der Waals surface area contributed by atoms with Gasteiger partial charge in [0.05, 0.1) is 5.52 Å². The second kappa shape index (κ2) is 7.65. The third-order valence-corrected chi connectivity index (χ3v) is 4.63. The van der Waals surface area contributed by atoms with E-state index in [0.29, 0.717) is 10.0 Å². The summed E-state index contributed by atoms with van der Waals surface area (Å²) < 4.78 is 0.690. The van der Waals surface area contributed by atoms with Gasteiger partial charge in [0, 0.05) is 10.9 Å². The third-order valence-electron chi connectivity index (χ3n) is 4.28. The third kappa shape index (κ3) is 3.62. The molecule has 0 saturated carbocycles. The predicted molar refractivity (Wildman–Crippen MR) is 96.2 cm³/mol. The molecule has 1 aromatic carbocycles. The zero-order chi connectivity index (χ0) is 16.1. The second-order valence-corrected chi connectivity index (χ2v) is 5.97. The summed E-state index contributed by atoms with van der Waals surface area (Å²) in [5, 5.41) is 0.709. The lowest BCUT2D eigenvalue weighted by atomic mass is 10.1. The number of rotatable bonds is 6. The van der Waals surface area contributed by atoms with Crippen molar-refractivity contribution in [1.29, 1.82) is 0 Å². The average molecular weight is 316 g/mol. The zero-order valence-corrected chi connectivity index (χ0v) is 14.4. The molecule has 0 saturated heterocycles. The summed E-state index contributed by atoms with van der Waals surface area (Å²) in [6.45, 7) is 9.39. The average Bonchev–Trinajstić information content (AvgIpc) is 2.62. The van der Waals surface area contributed by atoms with Crippen LogP contribution in [-0.4, -0.2) is 29.5 Å². The van der Waals surface area contributed by atoms with Crippen LogP contribution in [0.2, 0.25) is 0 Å². The van der Waals surface area contributed by atoms with E-state index in [-0.39, 0.29) is 5.43 Å². The van der Waals surface area contributed by atoms with Crippen LogP contribution < -0.4 is 5.43 Å². The fraction of sp³-hybridized carbons (Fsp3) is 0.444. The predicted octanol–water partition coefficient (Wildman–Crippen LogP) is 3.84. The van der Waals surface area contributed by atoms with Gasteiger partial charge in [0.2, 0.25) is 0 Å². The first-order valence-electron chi connectivity index (χ1n) is 7.95. The van der Waals surface area contributed by atoms with E-state index in [2.05, 4.69) is 23.7 Å². The molecule has 0 fully saturated rings. The van der Waals surface area contributed by atoms with Crippen molar-refractivity contribution < 1.29 is 0 Å². The Morgan fingerprint density at radius 2 is 1.86 bits per heavy atom. The Morgan fingerprint density at radius 1 is 1.18 bits per heavy atom. The van der Waals surface area contributed by atoms with Crippen molar-refractivity contribution in [2.24, 2.45) is 0 Å². The van der Waals surface area contributed by atoms with E-state index in [9.17, 15) is 4.79 Å². The van der Waals surface area contributed by atoms with Gasteiger partial charge < -0.3 is 9.88 Å². The quantitative estimate of drug-likeness (QED) is 0.823. The molecule has 0 aliphatic carbocycles. The molecular formula is C18H24N2OS. The molecule has 0 amide bonds. The molecule has 3 nitrogen and oxygen atoms in total. The van der Waals surface area contributed by atoms with Crippen LogP contribution in [-0.2, 0) is 6.42 Å². The molecule has 4 heteroatoms.